The van der Waals surface area contributed by atoms with E-state index in [-0.39, 0.29) is 5.78 Å². The zero-order valence-electron chi connectivity index (χ0n) is 17.3. The molecule has 0 unspecified atom stereocenters. The van der Waals surface area contributed by atoms with Crippen molar-refractivity contribution in [2.45, 2.75) is 58.3 Å². The molecule has 0 radical (unpaired) electrons. The van der Waals surface area contributed by atoms with Crippen LogP contribution < -0.4 is 0 Å². The third kappa shape index (κ3) is 7.68. The molecule has 146 valence electrons. The average Bonchev–Trinajstić information content (AvgIpc) is 2.69. The molecule has 2 heteroatoms. The zero-order chi connectivity index (χ0) is 19.5. The molecule has 0 aliphatic rings. The van der Waals surface area contributed by atoms with Crippen LogP contribution >= 0.6 is 0 Å². The molecule has 0 saturated carbocycles. The number of nitrogens with zero attached hydrogens (tertiary/aromatic N) is 1. The fourth-order valence-corrected chi connectivity index (χ4v) is 3.29. The van der Waals surface area contributed by atoms with Crippen LogP contribution in [0.1, 0.15) is 67.8 Å². The van der Waals surface area contributed by atoms with Crippen LogP contribution in [0.25, 0.3) is 11.1 Å². The number of hydrogen-bond acceptors (Lipinski definition) is 2. The summed E-state index contributed by atoms with van der Waals surface area (Å²) in [5, 5.41) is 0. The van der Waals surface area contributed by atoms with Gasteiger partial charge in [0.05, 0.1) is 0 Å². The number of carbonyl (C=O) groups is 1. The number of rotatable bonds is 12. The molecule has 0 bridgehead atoms. The van der Waals surface area contributed by atoms with Crippen molar-refractivity contribution < 1.29 is 4.79 Å². The largest absolute Gasteiger partial charge is 0.309 e. The minimum atomic E-state index is 0.213. The van der Waals surface area contributed by atoms with Crippen LogP contribution in [0.3, 0.4) is 0 Å². The first-order valence-corrected chi connectivity index (χ1v) is 10.5. The van der Waals surface area contributed by atoms with Crippen LogP contribution in [-0.2, 0) is 6.42 Å². The Morgan fingerprint density at radius 3 is 1.93 bits per heavy atom. The maximum atomic E-state index is 12.2. The van der Waals surface area contributed by atoms with Crippen LogP contribution in [0.15, 0.2) is 48.5 Å². The second kappa shape index (κ2) is 11.7. The van der Waals surface area contributed by atoms with E-state index in [1.165, 1.54) is 61.6 Å². The molecule has 0 heterocycles. The highest BCUT2D eigenvalue weighted by Gasteiger charge is 2.07. The Hall–Kier alpha value is -1.93. The van der Waals surface area contributed by atoms with Crippen LogP contribution in [0, 0.1) is 0 Å². The smallest absolute Gasteiger partial charge is 0.164 e. The monoisotopic (exact) mass is 365 g/mol. The van der Waals surface area contributed by atoms with Gasteiger partial charge in [-0.3, -0.25) is 4.79 Å². The molecule has 0 aliphatic heterocycles. The van der Waals surface area contributed by atoms with Crippen molar-refractivity contribution in [3.05, 3.63) is 59.7 Å². The zero-order valence-corrected chi connectivity index (χ0v) is 17.3. The molecule has 0 atom stereocenters. The summed E-state index contributed by atoms with van der Waals surface area (Å²) < 4.78 is 0. The predicted molar refractivity (Wildman–Crippen MR) is 116 cm³/mol. The summed E-state index contributed by atoms with van der Waals surface area (Å²) >= 11 is 0. The Labute approximate surface area is 165 Å². The summed E-state index contributed by atoms with van der Waals surface area (Å²) in [5.74, 6) is 0.213. The number of benzene rings is 2. The third-order valence-corrected chi connectivity index (χ3v) is 5.10. The van der Waals surface area contributed by atoms with Crippen molar-refractivity contribution in [2.75, 3.05) is 20.6 Å². The van der Waals surface area contributed by atoms with Gasteiger partial charge in [0.25, 0.3) is 0 Å². The minimum Gasteiger partial charge on any atom is -0.309 e. The number of carbonyl (C=O) groups excluding carboxylic acids is 1. The highest BCUT2D eigenvalue weighted by Crippen LogP contribution is 2.21. The summed E-state index contributed by atoms with van der Waals surface area (Å²) in [5.41, 5.74) is 4.62. The molecular weight excluding hydrogens is 330 g/mol. The summed E-state index contributed by atoms with van der Waals surface area (Å²) in [6.07, 6.45) is 9.79. The van der Waals surface area contributed by atoms with E-state index in [2.05, 4.69) is 43.3 Å². The van der Waals surface area contributed by atoms with E-state index < -0.39 is 0 Å². The van der Waals surface area contributed by atoms with Gasteiger partial charge in [0.15, 0.2) is 5.78 Å². The maximum Gasteiger partial charge on any atom is 0.164 e. The van der Waals surface area contributed by atoms with E-state index in [0.29, 0.717) is 6.42 Å². The lowest BCUT2D eigenvalue weighted by Gasteiger charge is -2.09. The Morgan fingerprint density at radius 1 is 0.778 bits per heavy atom. The minimum absolute atomic E-state index is 0.213. The van der Waals surface area contributed by atoms with Gasteiger partial charge in [0, 0.05) is 18.5 Å². The van der Waals surface area contributed by atoms with Crippen molar-refractivity contribution in [3.8, 4) is 11.1 Å². The van der Waals surface area contributed by atoms with E-state index in [9.17, 15) is 4.79 Å². The number of ketones is 1. The number of aryl methyl sites for hydroxylation is 1. The number of unbranched alkanes of at least 4 members (excludes halogenated alkanes) is 5. The van der Waals surface area contributed by atoms with Crippen molar-refractivity contribution in [1.29, 1.82) is 0 Å². The van der Waals surface area contributed by atoms with Crippen molar-refractivity contribution in [3.63, 3.8) is 0 Å². The fourth-order valence-electron chi connectivity index (χ4n) is 3.29. The molecule has 27 heavy (non-hydrogen) atoms. The first kappa shape index (κ1) is 21.4. The lowest BCUT2D eigenvalue weighted by Crippen LogP contribution is -2.16. The first-order valence-electron chi connectivity index (χ1n) is 10.5. The van der Waals surface area contributed by atoms with Crippen LogP contribution in [0.5, 0.6) is 0 Å². The fraction of sp³-hybridized carbons (Fsp3) is 0.480. The maximum absolute atomic E-state index is 12.2. The van der Waals surface area contributed by atoms with Crippen LogP contribution in [0.4, 0.5) is 0 Å². The standard InChI is InChI=1S/C25H35NO/c1-4-5-6-7-8-9-10-21-11-13-22(14-12-21)23-15-17-24(18-16-23)25(27)19-20-26(2)3/h11-18H,4-10,19-20H2,1-3H3. The Bertz CT molecular complexity index is 670. The molecule has 0 fully saturated rings. The van der Waals surface area contributed by atoms with Gasteiger partial charge in [-0.1, -0.05) is 87.6 Å². The van der Waals surface area contributed by atoms with Gasteiger partial charge in [0.2, 0.25) is 0 Å². The van der Waals surface area contributed by atoms with Crippen molar-refractivity contribution in [1.82, 2.24) is 4.90 Å². The highest BCUT2D eigenvalue weighted by molar-refractivity contribution is 5.96. The van der Waals surface area contributed by atoms with E-state index in [1.807, 2.05) is 31.1 Å². The Balaban J connectivity index is 1.84. The van der Waals surface area contributed by atoms with Gasteiger partial charge in [0.1, 0.15) is 0 Å². The Morgan fingerprint density at radius 2 is 1.33 bits per heavy atom. The summed E-state index contributed by atoms with van der Waals surface area (Å²) in [6, 6.07) is 16.9. The second-order valence-electron chi connectivity index (χ2n) is 7.77. The van der Waals surface area contributed by atoms with E-state index >= 15 is 0 Å². The lowest BCUT2D eigenvalue weighted by atomic mass is 9.99. The van der Waals surface area contributed by atoms with E-state index in [4.69, 9.17) is 0 Å². The SMILES string of the molecule is CCCCCCCCc1ccc(-c2ccc(C(=O)CCN(C)C)cc2)cc1. The molecule has 0 aliphatic carbocycles. The molecular formula is C25H35NO. The summed E-state index contributed by atoms with van der Waals surface area (Å²) in [4.78, 5) is 14.2. The van der Waals surface area contributed by atoms with Gasteiger partial charge in [-0.05, 0) is 43.6 Å². The van der Waals surface area contributed by atoms with Gasteiger partial charge >= 0.3 is 0 Å². The first-order chi connectivity index (χ1) is 13.1. The molecule has 0 saturated heterocycles. The van der Waals surface area contributed by atoms with Gasteiger partial charge in [-0.2, -0.15) is 0 Å². The molecule has 2 nitrogen and oxygen atoms in total. The van der Waals surface area contributed by atoms with Crippen LogP contribution in [0.2, 0.25) is 0 Å². The normalized spacial score (nSPS) is 11.1. The van der Waals surface area contributed by atoms with Crippen molar-refractivity contribution >= 4 is 5.78 Å². The number of Topliss-reactive ketones (excluding diaryl/α,β-unsaturated/α-hetero) is 1. The average molecular weight is 366 g/mol. The lowest BCUT2D eigenvalue weighted by molar-refractivity contribution is 0.0972. The van der Waals surface area contributed by atoms with E-state index in [1.54, 1.807) is 0 Å². The van der Waals surface area contributed by atoms with E-state index in [0.717, 1.165) is 12.1 Å². The molecule has 2 rings (SSSR count). The van der Waals surface area contributed by atoms with Gasteiger partial charge in [-0.25, -0.2) is 0 Å². The molecule has 0 amide bonds. The molecule has 0 aromatic heterocycles. The van der Waals surface area contributed by atoms with Crippen LogP contribution in [-0.4, -0.2) is 31.3 Å². The van der Waals surface area contributed by atoms with Gasteiger partial charge in [-0.15, -0.1) is 0 Å². The number of hydrogen-bond donors (Lipinski definition) is 0. The predicted octanol–water partition coefficient (Wildman–Crippen LogP) is 6.39. The molecule has 2 aromatic carbocycles. The summed E-state index contributed by atoms with van der Waals surface area (Å²) in [7, 11) is 3.99. The van der Waals surface area contributed by atoms with Gasteiger partial charge < -0.3 is 4.90 Å². The second-order valence-corrected chi connectivity index (χ2v) is 7.77. The third-order valence-electron chi connectivity index (χ3n) is 5.10. The quantitative estimate of drug-likeness (QED) is 0.321. The Kier molecular flexibility index (Phi) is 9.27. The molecule has 0 spiro atoms. The topological polar surface area (TPSA) is 20.3 Å². The van der Waals surface area contributed by atoms with Crippen molar-refractivity contribution in [2.24, 2.45) is 0 Å². The summed E-state index contributed by atoms with van der Waals surface area (Å²) in [6.45, 7) is 3.05. The molecule has 0 N–H and O–H groups in total. The highest BCUT2D eigenvalue weighted by atomic mass is 16.1. The molecule has 2 aromatic rings.